The molecule has 0 bridgehead atoms. The van der Waals surface area contributed by atoms with Crippen LogP contribution in [0.15, 0.2) is 48.1 Å². The normalized spacial score (nSPS) is 14.3. The quantitative estimate of drug-likeness (QED) is 0.380. The Balaban J connectivity index is 1.48. The highest BCUT2D eigenvalue weighted by Gasteiger charge is 2.22. The zero-order valence-corrected chi connectivity index (χ0v) is 21.3. The monoisotopic (exact) mass is 489 g/mol. The molecule has 35 heavy (non-hydrogen) atoms. The lowest BCUT2D eigenvalue weighted by Gasteiger charge is -2.32. The SMILES string of the molecule is CCN(CC)[C@@H](C)CNC(=O)c1cc(-c2cnn3ccc(-c4cccs4)nc23)nc(N2CCC2)c1. The topological polar surface area (TPSA) is 78.7 Å². The van der Waals surface area contributed by atoms with Crippen molar-refractivity contribution in [2.45, 2.75) is 33.2 Å². The molecule has 1 N–H and O–H groups in total. The van der Waals surface area contributed by atoms with E-state index in [0.717, 1.165) is 60.2 Å². The predicted molar refractivity (Wildman–Crippen MR) is 141 cm³/mol. The molecule has 8 nitrogen and oxygen atoms in total. The van der Waals surface area contributed by atoms with Crippen LogP contribution < -0.4 is 10.2 Å². The maximum Gasteiger partial charge on any atom is 0.251 e. The van der Waals surface area contributed by atoms with Gasteiger partial charge in [0.1, 0.15) is 5.82 Å². The maximum absolute atomic E-state index is 13.2. The number of rotatable bonds is 9. The van der Waals surface area contributed by atoms with E-state index in [1.54, 1.807) is 22.0 Å². The van der Waals surface area contributed by atoms with Crippen LogP contribution in [-0.4, -0.2) is 69.2 Å². The van der Waals surface area contributed by atoms with Crippen molar-refractivity contribution in [2.75, 3.05) is 37.6 Å². The molecule has 1 fully saturated rings. The largest absolute Gasteiger partial charge is 0.356 e. The first-order chi connectivity index (χ1) is 17.1. The van der Waals surface area contributed by atoms with Crippen molar-refractivity contribution >= 4 is 28.7 Å². The number of carbonyl (C=O) groups is 1. The third kappa shape index (κ3) is 4.78. The third-order valence-electron chi connectivity index (χ3n) is 6.67. The molecule has 1 aliphatic heterocycles. The first-order valence-corrected chi connectivity index (χ1v) is 13.1. The summed E-state index contributed by atoms with van der Waals surface area (Å²) in [5, 5.41) is 9.67. The molecule has 0 aromatic carbocycles. The fourth-order valence-corrected chi connectivity index (χ4v) is 5.12. The highest BCUT2D eigenvalue weighted by molar-refractivity contribution is 7.13. The summed E-state index contributed by atoms with van der Waals surface area (Å²) in [5.74, 6) is 0.739. The molecule has 1 saturated heterocycles. The summed E-state index contributed by atoms with van der Waals surface area (Å²) in [6.07, 6.45) is 4.84. The number of hydrogen-bond donors (Lipinski definition) is 1. The number of fused-ring (bicyclic) bond motifs is 1. The van der Waals surface area contributed by atoms with Crippen molar-refractivity contribution in [2.24, 2.45) is 0 Å². The van der Waals surface area contributed by atoms with Crippen LogP contribution in [0.3, 0.4) is 0 Å². The third-order valence-corrected chi connectivity index (χ3v) is 7.56. The number of pyridine rings is 1. The van der Waals surface area contributed by atoms with Crippen LogP contribution in [0.5, 0.6) is 0 Å². The molecule has 0 radical (unpaired) electrons. The van der Waals surface area contributed by atoms with Gasteiger partial charge in [0.25, 0.3) is 5.91 Å². The van der Waals surface area contributed by atoms with E-state index in [2.05, 4.69) is 47.1 Å². The molecular weight excluding hydrogens is 458 g/mol. The van der Waals surface area contributed by atoms with Gasteiger partial charge in [0.05, 0.1) is 28.0 Å². The molecule has 182 valence electrons. The van der Waals surface area contributed by atoms with Crippen LogP contribution in [0.2, 0.25) is 0 Å². The van der Waals surface area contributed by atoms with Crippen LogP contribution in [0.1, 0.15) is 37.6 Å². The molecule has 5 heterocycles. The van der Waals surface area contributed by atoms with E-state index in [1.807, 2.05) is 35.8 Å². The lowest BCUT2D eigenvalue weighted by atomic mass is 10.1. The number of likely N-dealkylation sites (N-methyl/N-ethyl adjacent to an activating group) is 1. The van der Waals surface area contributed by atoms with Crippen LogP contribution in [0, 0.1) is 0 Å². The average molecular weight is 490 g/mol. The van der Waals surface area contributed by atoms with E-state index >= 15 is 0 Å². The molecule has 4 aromatic heterocycles. The smallest absolute Gasteiger partial charge is 0.251 e. The van der Waals surface area contributed by atoms with Gasteiger partial charge in [-0.05, 0) is 56.1 Å². The van der Waals surface area contributed by atoms with Crippen molar-refractivity contribution < 1.29 is 4.79 Å². The number of nitrogens with zero attached hydrogens (tertiary/aromatic N) is 6. The number of nitrogens with one attached hydrogen (secondary N) is 1. The fourth-order valence-electron chi connectivity index (χ4n) is 4.42. The molecule has 9 heteroatoms. The Morgan fingerprint density at radius 1 is 1.17 bits per heavy atom. The summed E-state index contributed by atoms with van der Waals surface area (Å²) in [6.45, 7) is 10.8. The minimum atomic E-state index is -0.0851. The van der Waals surface area contributed by atoms with Gasteiger partial charge in [-0.1, -0.05) is 19.9 Å². The van der Waals surface area contributed by atoms with Crippen LogP contribution in [0.4, 0.5) is 5.82 Å². The number of hydrogen-bond acceptors (Lipinski definition) is 7. The number of amides is 1. The van der Waals surface area contributed by atoms with Gasteiger partial charge in [-0.15, -0.1) is 11.3 Å². The van der Waals surface area contributed by atoms with E-state index < -0.39 is 0 Å². The van der Waals surface area contributed by atoms with E-state index in [9.17, 15) is 4.79 Å². The van der Waals surface area contributed by atoms with Gasteiger partial charge < -0.3 is 10.2 Å². The molecule has 1 atom stereocenters. The van der Waals surface area contributed by atoms with E-state index in [0.29, 0.717) is 17.8 Å². The second-order valence-electron chi connectivity index (χ2n) is 8.84. The summed E-state index contributed by atoms with van der Waals surface area (Å²) in [7, 11) is 0. The second kappa shape index (κ2) is 10.1. The highest BCUT2D eigenvalue weighted by Crippen LogP contribution is 2.30. The Hall–Kier alpha value is -3.30. The molecule has 1 aliphatic rings. The van der Waals surface area contributed by atoms with Crippen molar-refractivity contribution in [3.05, 3.63) is 53.7 Å². The Labute approximate surface area is 209 Å². The van der Waals surface area contributed by atoms with Gasteiger partial charge >= 0.3 is 0 Å². The van der Waals surface area contributed by atoms with Crippen molar-refractivity contribution in [3.63, 3.8) is 0 Å². The lowest BCUT2D eigenvalue weighted by molar-refractivity contribution is 0.0938. The summed E-state index contributed by atoms with van der Waals surface area (Å²) < 4.78 is 1.76. The first kappa shape index (κ1) is 23.4. The molecule has 1 amide bonds. The fraction of sp³-hybridized carbons (Fsp3) is 0.385. The number of carbonyl (C=O) groups excluding carboxylic acids is 1. The van der Waals surface area contributed by atoms with E-state index in [4.69, 9.17) is 9.97 Å². The Kier molecular flexibility index (Phi) is 6.79. The Morgan fingerprint density at radius 3 is 2.69 bits per heavy atom. The van der Waals surface area contributed by atoms with Gasteiger partial charge in [0.15, 0.2) is 5.65 Å². The van der Waals surface area contributed by atoms with Gasteiger partial charge in [-0.25, -0.2) is 14.5 Å². The molecule has 4 aromatic rings. The minimum Gasteiger partial charge on any atom is -0.356 e. The summed E-state index contributed by atoms with van der Waals surface area (Å²) in [6, 6.07) is 10.1. The van der Waals surface area contributed by atoms with Gasteiger partial charge in [0, 0.05) is 37.4 Å². The summed E-state index contributed by atoms with van der Waals surface area (Å²) in [4.78, 5) is 28.7. The lowest BCUT2D eigenvalue weighted by Crippen LogP contribution is -2.42. The van der Waals surface area contributed by atoms with E-state index in [1.165, 1.54) is 0 Å². The predicted octanol–water partition coefficient (Wildman–Crippen LogP) is 4.19. The molecule has 5 rings (SSSR count). The highest BCUT2D eigenvalue weighted by atomic mass is 32.1. The van der Waals surface area contributed by atoms with Crippen LogP contribution in [-0.2, 0) is 0 Å². The minimum absolute atomic E-state index is 0.0851. The Morgan fingerprint density at radius 2 is 2.00 bits per heavy atom. The first-order valence-electron chi connectivity index (χ1n) is 12.2. The molecule has 0 aliphatic carbocycles. The molecule has 0 spiro atoms. The van der Waals surface area contributed by atoms with Crippen molar-refractivity contribution in [1.29, 1.82) is 0 Å². The van der Waals surface area contributed by atoms with E-state index in [-0.39, 0.29) is 11.9 Å². The molecular formula is C26H31N7OS. The van der Waals surface area contributed by atoms with Crippen molar-refractivity contribution in [3.8, 4) is 21.8 Å². The summed E-state index contributed by atoms with van der Waals surface area (Å²) >= 11 is 1.65. The number of anilines is 1. The summed E-state index contributed by atoms with van der Waals surface area (Å²) in [5.41, 5.74) is 3.76. The number of aromatic nitrogens is 4. The van der Waals surface area contributed by atoms with Gasteiger partial charge in [-0.3, -0.25) is 9.69 Å². The average Bonchev–Trinajstić information content (AvgIpc) is 3.52. The molecule has 0 unspecified atom stereocenters. The standard InChI is InChI=1S/C26H31N7OS/c1-4-31(5-2)18(3)16-27-26(34)19-14-22(29-24(15-19)32-10-7-11-32)20-17-28-33-12-9-21(30-25(20)33)23-8-6-13-35-23/h6,8-9,12-15,17-18H,4-5,7,10-11,16H2,1-3H3,(H,27,34)/t18-/m0/s1. The maximum atomic E-state index is 13.2. The zero-order valence-electron chi connectivity index (χ0n) is 20.4. The van der Waals surface area contributed by atoms with Gasteiger partial charge in [-0.2, -0.15) is 5.10 Å². The van der Waals surface area contributed by atoms with Crippen LogP contribution in [0.25, 0.3) is 27.5 Å². The molecule has 0 saturated carbocycles. The van der Waals surface area contributed by atoms with Gasteiger partial charge in [0.2, 0.25) is 0 Å². The second-order valence-corrected chi connectivity index (χ2v) is 9.78. The Bertz CT molecular complexity index is 1310. The number of thiophene rings is 1. The van der Waals surface area contributed by atoms with Crippen molar-refractivity contribution in [1.82, 2.24) is 29.8 Å². The zero-order chi connectivity index (χ0) is 24.4. The van der Waals surface area contributed by atoms with Crippen LogP contribution >= 0.6 is 11.3 Å².